The van der Waals surface area contributed by atoms with E-state index in [-0.39, 0.29) is 18.8 Å². The molecule has 2 aliphatic rings. The molecule has 0 spiro atoms. The monoisotopic (exact) mass is 338 g/mol. The summed E-state index contributed by atoms with van der Waals surface area (Å²) >= 11 is 0. The molecule has 4 atom stereocenters. The lowest BCUT2D eigenvalue weighted by Gasteiger charge is -2.30. The van der Waals surface area contributed by atoms with E-state index in [1.807, 2.05) is 0 Å². The Balaban J connectivity index is 2.29. The van der Waals surface area contributed by atoms with Gasteiger partial charge in [0, 0.05) is 0 Å². The van der Waals surface area contributed by atoms with E-state index in [1.165, 1.54) is 0 Å². The molecule has 2 saturated heterocycles. The number of fused-ring (bicyclic) bond motifs is 1. The molecule has 1 N–H and O–H groups in total. The van der Waals surface area contributed by atoms with E-state index in [0.29, 0.717) is 0 Å². The molecule has 8 heteroatoms. The zero-order valence-corrected chi connectivity index (χ0v) is 14.9. The highest BCUT2D eigenvalue weighted by molar-refractivity contribution is 7.54. The van der Waals surface area contributed by atoms with Gasteiger partial charge in [0.1, 0.15) is 18.3 Å². The zero-order valence-electron chi connectivity index (χ0n) is 14.0. The summed E-state index contributed by atoms with van der Waals surface area (Å²) in [4.78, 5) is 0. The Morgan fingerprint density at radius 1 is 1.09 bits per heavy atom. The third-order valence-corrected chi connectivity index (χ3v) is 5.80. The number of rotatable bonds is 6. The summed E-state index contributed by atoms with van der Waals surface area (Å²) in [5.41, 5.74) is 0. The summed E-state index contributed by atoms with van der Waals surface area (Å²) in [5.74, 6) is -1.74. The molecule has 130 valence electrons. The molecule has 0 aromatic carbocycles. The van der Waals surface area contributed by atoms with Crippen molar-refractivity contribution < 1.29 is 32.9 Å². The normalized spacial score (nSPS) is 34.6. The molecular formula is C14H27O7P. The smallest absolute Gasteiger partial charge is 0.362 e. The van der Waals surface area contributed by atoms with Crippen LogP contribution in [0.4, 0.5) is 0 Å². The Hall–Kier alpha value is -0.0100. The minimum atomic E-state index is -3.59. The van der Waals surface area contributed by atoms with Crippen molar-refractivity contribution in [3.63, 3.8) is 0 Å². The van der Waals surface area contributed by atoms with Crippen molar-refractivity contribution >= 4 is 7.60 Å². The second-order valence-electron chi connectivity index (χ2n) is 6.66. The lowest BCUT2D eigenvalue weighted by atomic mass is 10.2. The molecule has 0 aromatic heterocycles. The van der Waals surface area contributed by atoms with Gasteiger partial charge in [-0.05, 0) is 41.5 Å². The lowest BCUT2D eigenvalue weighted by molar-refractivity contribution is -0.184. The Bertz CT molecular complexity index is 423. The van der Waals surface area contributed by atoms with E-state index >= 15 is 0 Å². The Kier molecular flexibility index (Phi) is 5.40. The Labute approximate surface area is 131 Å². The molecule has 2 rings (SSSR count). The van der Waals surface area contributed by atoms with Crippen LogP contribution in [0.1, 0.15) is 41.5 Å². The van der Waals surface area contributed by atoms with Gasteiger partial charge < -0.3 is 28.4 Å². The van der Waals surface area contributed by atoms with Crippen LogP contribution in [0.25, 0.3) is 0 Å². The molecular weight excluding hydrogens is 311 g/mol. The second kappa shape index (κ2) is 6.48. The predicted octanol–water partition coefficient (Wildman–Crippen LogP) is 2.27. The van der Waals surface area contributed by atoms with Crippen LogP contribution in [0.2, 0.25) is 0 Å². The fourth-order valence-corrected chi connectivity index (χ4v) is 5.15. The van der Waals surface area contributed by atoms with Gasteiger partial charge in [-0.25, -0.2) is 0 Å². The summed E-state index contributed by atoms with van der Waals surface area (Å²) in [6, 6.07) is 0. The molecule has 2 heterocycles. The Morgan fingerprint density at radius 2 is 1.59 bits per heavy atom. The van der Waals surface area contributed by atoms with Crippen molar-refractivity contribution in [1.29, 1.82) is 0 Å². The maximum absolute atomic E-state index is 13.3. The van der Waals surface area contributed by atoms with Crippen LogP contribution in [0.3, 0.4) is 0 Å². The molecule has 2 fully saturated rings. The fourth-order valence-electron chi connectivity index (χ4n) is 2.79. The third-order valence-electron chi connectivity index (χ3n) is 3.33. The van der Waals surface area contributed by atoms with E-state index in [2.05, 4.69) is 0 Å². The lowest BCUT2D eigenvalue weighted by Crippen LogP contribution is -2.32. The Morgan fingerprint density at radius 3 is 2.05 bits per heavy atom. The minimum Gasteiger partial charge on any atom is -0.394 e. The topological polar surface area (TPSA) is 83.5 Å². The highest BCUT2D eigenvalue weighted by atomic mass is 31.2. The molecule has 2 aliphatic heterocycles. The fraction of sp³-hybridized carbons (Fsp3) is 1.00. The van der Waals surface area contributed by atoms with Crippen LogP contribution < -0.4 is 0 Å². The van der Waals surface area contributed by atoms with Crippen LogP contribution in [-0.4, -0.2) is 53.9 Å². The molecule has 0 unspecified atom stereocenters. The van der Waals surface area contributed by atoms with Gasteiger partial charge >= 0.3 is 7.60 Å². The number of hydrogen-bond acceptors (Lipinski definition) is 7. The second-order valence-corrected chi connectivity index (χ2v) is 8.67. The molecule has 0 aliphatic carbocycles. The third kappa shape index (κ3) is 3.73. The summed E-state index contributed by atoms with van der Waals surface area (Å²) in [6.45, 7) is 10.4. The first kappa shape index (κ1) is 18.3. The number of aliphatic hydroxyl groups excluding tert-OH is 1. The summed E-state index contributed by atoms with van der Waals surface area (Å²) in [7, 11) is -3.59. The molecule has 0 amide bonds. The van der Waals surface area contributed by atoms with Crippen molar-refractivity contribution in [3.05, 3.63) is 0 Å². The average molecular weight is 338 g/mol. The number of ether oxygens (including phenoxy) is 3. The van der Waals surface area contributed by atoms with Gasteiger partial charge in [0.05, 0.1) is 18.8 Å². The van der Waals surface area contributed by atoms with Crippen LogP contribution in [0.5, 0.6) is 0 Å². The number of aliphatic hydroxyl groups is 1. The standard InChI is InChI=1S/C14H27O7P/c1-8(2)20-22(16,21-9(3)4)13-12-11(10(7-15)17-13)18-14(5,6)19-12/h8-13,15H,7H2,1-6H3/t10-,11-,12-,13+/m1/s1. The van der Waals surface area contributed by atoms with E-state index in [0.717, 1.165) is 0 Å². The van der Waals surface area contributed by atoms with Crippen molar-refractivity contribution in [2.45, 2.75) is 83.7 Å². The minimum absolute atomic E-state index is 0.250. The summed E-state index contributed by atoms with van der Waals surface area (Å²) in [5, 5.41) is 9.50. The van der Waals surface area contributed by atoms with E-state index in [9.17, 15) is 9.67 Å². The quantitative estimate of drug-likeness (QED) is 0.744. The first-order chi connectivity index (χ1) is 10.1. The SMILES string of the molecule is CC(C)OP(=O)(OC(C)C)[C@@H]1O[C@H](CO)[C@H]2OC(C)(C)O[C@H]21. The maximum atomic E-state index is 13.3. The first-order valence-corrected chi connectivity index (χ1v) is 9.27. The van der Waals surface area contributed by atoms with E-state index < -0.39 is 37.5 Å². The van der Waals surface area contributed by atoms with Crippen molar-refractivity contribution in [3.8, 4) is 0 Å². The van der Waals surface area contributed by atoms with E-state index in [1.54, 1.807) is 41.5 Å². The molecule has 0 aromatic rings. The van der Waals surface area contributed by atoms with Crippen molar-refractivity contribution in [2.75, 3.05) is 6.61 Å². The largest absolute Gasteiger partial charge is 0.394 e. The highest BCUT2D eigenvalue weighted by Gasteiger charge is 2.61. The number of hydrogen-bond donors (Lipinski definition) is 1. The van der Waals surface area contributed by atoms with Gasteiger partial charge in [-0.2, -0.15) is 0 Å². The summed E-state index contributed by atoms with van der Waals surface area (Å²) < 4.78 is 41.8. The van der Waals surface area contributed by atoms with Gasteiger partial charge in [0.15, 0.2) is 11.6 Å². The molecule has 0 bridgehead atoms. The molecule has 7 nitrogen and oxygen atoms in total. The maximum Gasteiger partial charge on any atom is 0.362 e. The molecule has 0 radical (unpaired) electrons. The van der Waals surface area contributed by atoms with Gasteiger partial charge in [0.25, 0.3) is 0 Å². The predicted molar refractivity (Wildman–Crippen MR) is 79.6 cm³/mol. The average Bonchev–Trinajstić information content (AvgIpc) is 2.79. The van der Waals surface area contributed by atoms with Crippen LogP contribution in [0.15, 0.2) is 0 Å². The summed E-state index contributed by atoms with van der Waals surface area (Å²) in [6.07, 6.45) is -2.30. The van der Waals surface area contributed by atoms with Gasteiger partial charge in [-0.15, -0.1) is 0 Å². The van der Waals surface area contributed by atoms with E-state index in [4.69, 9.17) is 23.3 Å². The van der Waals surface area contributed by atoms with Gasteiger partial charge in [0.2, 0.25) is 0 Å². The zero-order chi connectivity index (χ0) is 16.7. The van der Waals surface area contributed by atoms with Crippen LogP contribution in [-0.2, 0) is 27.8 Å². The van der Waals surface area contributed by atoms with Gasteiger partial charge in [-0.3, -0.25) is 4.57 Å². The first-order valence-electron chi connectivity index (χ1n) is 7.66. The van der Waals surface area contributed by atoms with Crippen molar-refractivity contribution in [1.82, 2.24) is 0 Å². The highest BCUT2D eigenvalue weighted by Crippen LogP contribution is 2.61. The van der Waals surface area contributed by atoms with Crippen LogP contribution in [0, 0.1) is 0 Å². The van der Waals surface area contributed by atoms with Gasteiger partial charge in [-0.1, -0.05) is 0 Å². The van der Waals surface area contributed by atoms with Crippen LogP contribution >= 0.6 is 7.60 Å². The molecule has 22 heavy (non-hydrogen) atoms. The molecule has 0 saturated carbocycles. The van der Waals surface area contributed by atoms with Crippen molar-refractivity contribution in [2.24, 2.45) is 0 Å².